The molecular formula is C6H10N2O2S2. The van der Waals surface area contributed by atoms with Crippen LogP contribution in [0, 0.1) is 0 Å². The van der Waals surface area contributed by atoms with E-state index in [1.165, 1.54) is 0 Å². The van der Waals surface area contributed by atoms with Gasteiger partial charge in [-0.1, -0.05) is 6.92 Å². The molecule has 1 heterocycles. The van der Waals surface area contributed by atoms with Crippen molar-refractivity contribution in [2.75, 3.05) is 11.5 Å². The molecule has 0 unspecified atom stereocenters. The average Bonchev–Trinajstić information content (AvgIpc) is 2.22. The second-order valence-corrected chi connectivity index (χ2v) is 5.26. The normalized spacial score (nSPS) is 20.4. The first-order valence-electron chi connectivity index (χ1n) is 3.44. The predicted octanol–water partition coefficient (Wildman–Crippen LogP) is 0.324. The van der Waals surface area contributed by atoms with Crippen molar-refractivity contribution in [1.82, 2.24) is 0 Å². The van der Waals surface area contributed by atoms with Crippen molar-refractivity contribution in [2.45, 2.75) is 6.92 Å². The average molecular weight is 206 g/mol. The lowest BCUT2D eigenvalue weighted by Crippen LogP contribution is -2.18. The molecule has 68 valence electrons. The number of hydrogen-bond donors (Lipinski definition) is 1. The Morgan fingerprint density at radius 3 is 2.75 bits per heavy atom. The van der Waals surface area contributed by atoms with E-state index < -0.39 is 9.84 Å². The van der Waals surface area contributed by atoms with Crippen LogP contribution in [0.4, 0.5) is 0 Å². The first-order chi connectivity index (χ1) is 5.56. The quantitative estimate of drug-likeness (QED) is 0.722. The molecule has 0 amide bonds. The molecule has 4 nitrogen and oxygen atoms in total. The largest absolute Gasteiger partial charge is 0.374 e. The summed E-state index contributed by atoms with van der Waals surface area (Å²) in [5.41, 5.74) is 5.72. The van der Waals surface area contributed by atoms with Crippen LogP contribution in [0.3, 0.4) is 0 Å². The highest BCUT2D eigenvalue weighted by molar-refractivity contribution is 8.09. The van der Waals surface area contributed by atoms with Gasteiger partial charge in [-0.05, 0) is 5.75 Å². The van der Waals surface area contributed by atoms with Gasteiger partial charge in [0, 0.05) is 5.75 Å². The molecule has 0 atom stereocenters. The number of hydrogen-bond acceptors (Lipinski definition) is 5. The third kappa shape index (κ3) is 2.01. The molecule has 0 radical (unpaired) electrons. The first kappa shape index (κ1) is 9.60. The van der Waals surface area contributed by atoms with Gasteiger partial charge in [0.15, 0.2) is 0 Å². The van der Waals surface area contributed by atoms with E-state index >= 15 is 0 Å². The van der Waals surface area contributed by atoms with Crippen LogP contribution in [0.15, 0.2) is 16.1 Å². The van der Waals surface area contributed by atoms with E-state index in [1.807, 2.05) is 6.92 Å². The van der Waals surface area contributed by atoms with Crippen molar-refractivity contribution < 1.29 is 8.42 Å². The number of aliphatic imine (C=N–C) groups is 1. The Morgan fingerprint density at radius 1 is 1.67 bits per heavy atom. The number of rotatable bonds is 3. The molecule has 0 saturated heterocycles. The molecule has 0 aromatic carbocycles. The molecule has 0 saturated carbocycles. The van der Waals surface area contributed by atoms with E-state index in [4.69, 9.17) is 5.73 Å². The summed E-state index contributed by atoms with van der Waals surface area (Å²) in [5.74, 6) is 1.54. The Morgan fingerprint density at radius 2 is 2.33 bits per heavy atom. The first-order valence-corrected chi connectivity index (χ1v) is 6.14. The smallest absolute Gasteiger partial charge is 0.234 e. The zero-order valence-electron chi connectivity index (χ0n) is 6.65. The van der Waals surface area contributed by atoms with Crippen LogP contribution in [-0.2, 0) is 9.84 Å². The van der Waals surface area contributed by atoms with Gasteiger partial charge >= 0.3 is 0 Å². The molecular weight excluding hydrogens is 196 g/mol. The minimum absolute atomic E-state index is 0.283. The second-order valence-electron chi connectivity index (χ2n) is 2.24. The Bertz CT molecular complexity index is 329. The number of thioether (sulfide) groups is 1. The standard InChI is InChI=1S/C6H10N2O2S2/c1-2-11-3-5-4-12(9,10)6(7)8-5/h4H,2-3H2,1H3,(H2,7,8). The van der Waals surface area contributed by atoms with Crippen LogP contribution in [0.5, 0.6) is 0 Å². The fourth-order valence-corrected chi connectivity index (χ4v) is 2.27. The van der Waals surface area contributed by atoms with Crippen molar-refractivity contribution in [3.8, 4) is 0 Å². The number of amidine groups is 1. The van der Waals surface area contributed by atoms with E-state index in [0.717, 1.165) is 11.2 Å². The molecule has 12 heavy (non-hydrogen) atoms. The summed E-state index contributed by atoms with van der Waals surface area (Å²) < 4.78 is 22.0. The Balaban J connectivity index is 2.73. The fraction of sp³-hybridized carbons (Fsp3) is 0.500. The van der Waals surface area contributed by atoms with Crippen LogP contribution < -0.4 is 5.73 Å². The highest BCUT2D eigenvalue weighted by Crippen LogP contribution is 2.16. The van der Waals surface area contributed by atoms with Crippen molar-refractivity contribution in [3.63, 3.8) is 0 Å². The van der Waals surface area contributed by atoms with Crippen LogP contribution in [0.2, 0.25) is 0 Å². The lowest BCUT2D eigenvalue weighted by molar-refractivity contribution is 0.615. The highest BCUT2D eigenvalue weighted by Gasteiger charge is 2.21. The van der Waals surface area contributed by atoms with Crippen LogP contribution in [0.1, 0.15) is 6.92 Å². The third-order valence-corrected chi connectivity index (χ3v) is 3.46. The van der Waals surface area contributed by atoms with E-state index in [9.17, 15) is 8.42 Å². The maximum absolute atomic E-state index is 11.0. The van der Waals surface area contributed by atoms with Gasteiger partial charge in [0.1, 0.15) is 0 Å². The molecule has 0 bridgehead atoms. The summed E-state index contributed by atoms with van der Waals surface area (Å²) in [4.78, 5) is 3.73. The van der Waals surface area contributed by atoms with Crippen molar-refractivity contribution in [3.05, 3.63) is 11.1 Å². The summed E-state index contributed by atoms with van der Waals surface area (Å²) in [5, 5.41) is 0.847. The minimum Gasteiger partial charge on any atom is -0.374 e. The predicted molar refractivity (Wildman–Crippen MR) is 51.6 cm³/mol. The highest BCUT2D eigenvalue weighted by atomic mass is 32.2. The molecule has 1 rings (SSSR count). The minimum atomic E-state index is -3.35. The van der Waals surface area contributed by atoms with Crippen LogP contribution >= 0.6 is 11.8 Å². The van der Waals surface area contributed by atoms with Gasteiger partial charge in [-0.3, -0.25) is 0 Å². The molecule has 2 N–H and O–H groups in total. The van der Waals surface area contributed by atoms with Crippen LogP contribution in [0.25, 0.3) is 0 Å². The SMILES string of the molecule is CCSCC1=CS(=O)(=O)C(N)=N1. The van der Waals surface area contributed by atoms with Crippen LogP contribution in [-0.4, -0.2) is 25.1 Å². The third-order valence-electron chi connectivity index (χ3n) is 1.29. The molecule has 0 aromatic heterocycles. The van der Waals surface area contributed by atoms with Crippen molar-refractivity contribution >= 4 is 26.8 Å². The van der Waals surface area contributed by atoms with Gasteiger partial charge in [0.25, 0.3) is 0 Å². The van der Waals surface area contributed by atoms with Gasteiger partial charge in [0.2, 0.25) is 15.0 Å². The number of nitrogens with zero attached hydrogens (tertiary/aromatic N) is 1. The summed E-state index contributed by atoms with van der Waals surface area (Å²) in [6.07, 6.45) is 0. The zero-order valence-corrected chi connectivity index (χ0v) is 8.28. The second kappa shape index (κ2) is 3.49. The fourth-order valence-electron chi connectivity index (χ4n) is 0.744. The Hall–Kier alpha value is -0.490. The van der Waals surface area contributed by atoms with Gasteiger partial charge in [-0.15, -0.1) is 0 Å². The lowest BCUT2D eigenvalue weighted by atomic mass is 10.6. The van der Waals surface area contributed by atoms with Gasteiger partial charge in [-0.25, -0.2) is 13.4 Å². The summed E-state index contributed by atoms with van der Waals surface area (Å²) in [7, 11) is -3.35. The van der Waals surface area contributed by atoms with E-state index in [0.29, 0.717) is 11.4 Å². The van der Waals surface area contributed by atoms with Crippen molar-refractivity contribution in [1.29, 1.82) is 0 Å². The van der Waals surface area contributed by atoms with Gasteiger partial charge in [-0.2, -0.15) is 11.8 Å². The van der Waals surface area contributed by atoms with E-state index in [1.54, 1.807) is 11.8 Å². The van der Waals surface area contributed by atoms with Crippen molar-refractivity contribution in [2.24, 2.45) is 10.7 Å². The molecule has 0 aromatic rings. The molecule has 1 aliphatic rings. The lowest BCUT2D eigenvalue weighted by Gasteiger charge is -1.92. The van der Waals surface area contributed by atoms with Gasteiger partial charge < -0.3 is 5.73 Å². The maximum atomic E-state index is 11.0. The zero-order chi connectivity index (χ0) is 9.19. The number of sulfone groups is 1. The molecule has 0 spiro atoms. The summed E-state index contributed by atoms with van der Waals surface area (Å²) in [6.45, 7) is 2.00. The topological polar surface area (TPSA) is 72.5 Å². The van der Waals surface area contributed by atoms with E-state index in [-0.39, 0.29) is 5.17 Å². The molecule has 0 fully saturated rings. The molecule has 6 heteroatoms. The summed E-state index contributed by atoms with van der Waals surface area (Å²) in [6, 6.07) is 0. The Kier molecular flexibility index (Phi) is 2.79. The summed E-state index contributed by atoms with van der Waals surface area (Å²) >= 11 is 1.61. The maximum Gasteiger partial charge on any atom is 0.234 e. The van der Waals surface area contributed by atoms with Gasteiger partial charge in [0.05, 0.1) is 11.1 Å². The molecule has 0 aliphatic carbocycles. The monoisotopic (exact) mass is 206 g/mol. The molecule has 1 aliphatic heterocycles. The Labute approximate surface area is 75.9 Å². The number of nitrogens with two attached hydrogens (primary N) is 1. The van der Waals surface area contributed by atoms with E-state index in [2.05, 4.69) is 4.99 Å².